The second kappa shape index (κ2) is 6.12. The van der Waals surface area contributed by atoms with Crippen LogP contribution in [0.15, 0.2) is 22.7 Å². The van der Waals surface area contributed by atoms with Gasteiger partial charge in [0, 0.05) is 28.7 Å². The molecule has 19 heavy (non-hydrogen) atoms. The second-order valence-electron chi connectivity index (χ2n) is 4.52. The minimum absolute atomic E-state index is 0.0953. The first kappa shape index (κ1) is 14.0. The standard InChI is InChI=1S/C12H14BrN3O3/c13-10-3-9(4-11(5-10)16(18)19)12(17)15-7-8-1-2-14-6-8/h3-5,8,14H,1-2,6-7H2,(H,15,17). The van der Waals surface area contributed by atoms with Gasteiger partial charge in [-0.25, -0.2) is 0 Å². The lowest BCUT2D eigenvalue weighted by molar-refractivity contribution is -0.385. The number of rotatable bonds is 4. The number of hydrogen-bond acceptors (Lipinski definition) is 4. The number of nitrogens with zero attached hydrogens (tertiary/aromatic N) is 1. The maximum Gasteiger partial charge on any atom is 0.271 e. The van der Waals surface area contributed by atoms with E-state index in [-0.39, 0.29) is 11.6 Å². The lowest BCUT2D eigenvalue weighted by Crippen LogP contribution is -2.30. The lowest BCUT2D eigenvalue weighted by atomic mass is 10.1. The average molecular weight is 328 g/mol. The Labute approximate surface area is 118 Å². The van der Waals surface area contributed by atoms with Gasteiger partial charge in [0.2, 0.25) is 0 Å². The van der Waals surface area contributed by atoms with Gasteiger partial charge in [0.25, 0.3) is 11.6 Å². The van der Waals surface area contributed by atoms with Crippen LogP contribution in [-0.4, -0.2) is 30.5 Å². The Bertz CT molecular complexity index is 501. The van der Waals surface area contributed by atoms with Gasteiger partial charge in [0.1, 0.15) is 0 Å². The smallest absolute Gasteiger partial charge is 0.271 e. The molecule has 6 nitrogen and oxygen atoms in total. The predicted molar refractivity (Wildman–Crippen MR) is 74.1 cm³/mol. The summed E-state index contributed by atoms with van der Waals surface area (Å²) in [6.45, 7) is 2.47. The van der Waals surface area contributed by atoms with E-state index in [1.54, 1.807) is 6.07 Å². The van der Waals surface area contributed by atoms with E-state index in [1.807, 2.05) is 0 Å². The molecule has 1 amide bonds. The SMILES string of the molecule is O=C(NCC1CCNC1)c1cc(Br)cc([N+](=O)[O-])c1. The second-order valence-corrected chi connectivity index (χ2v) is 5.44. The van der Waals surface area contributed by atoms with Crippen LogP contribution in [0.4, 0.5) is 5.69 Å². The maximum atomic E-state index is 12.0. The highest BCUT2D eigenvalue weighted by atomic mass is 79.9. The first-order valence-corrected chi connectivity index (χ1v) is 6.79. The van der Waals surface area contributed by atoms with Crippen molar-refractivity contribution in [3.05, 3.63) is 38.3 Å². The minimum atomic E-state index is -0.511. The number of carbonyl (C=O) groups is 1. The molecular weight excluding hydrogens is 314 g/mol. The Morgan fingerprint density at radius 1 is 1.53 bits per heavy atom. The fourth-order valence-corrected chi connectivity index (χ4v) is 2.52. The van der Waals surface area contributed by atoms with Crippen LogP contribution in [0.5, 0.6) is 0 Å². The Kier molecular flexibility index (Phi) is 4.49. The third-order valence-electron chi connectivity index (χ3n) is 3.07. The van der Waals surface area contributed by atoms with E-state index in [4.69, 9.17) is 0 Å². The largest absolute Gasteiger partial charge is 0.352 e. The highest BCUT2D eigenvalue weighted by molar-refractivity contribution is 9.10. The van der Waals surface area contributed by atoms with Crippen molar-refractivity contribution < 1.29 is 9.72 Å². The fraction of sp³-hybridized carbons (Fsp3) is 0.417. The van der Waals surface area contributed by atoms with E-state index < -0.39 is 4.92 Å². The van der Waals surface area contributed by atoms with Crippen molar-refractivity contribution in [1.29, 1.82) is 0 Å². The number of non-ortho nitro benzene ring substituents is 1. The summed E-state index contributed by atoms with van der Waals surface area (Å²) < 4.78 is 0.523. The maximum absolute atomic E-state index is 12.0. The topological polar surface area (TPSA) is 84.3 Å². The van der Waals surface area contributed by atoms with E-state index in [1.165, 1.54) is 12.1 Å². The van der Waals surface area contributed by atoms with Crippen LogP contribution in [0.25, 0.3) is 0 Å². The van der Waals surface area contributed by atoms with E-state index >= 15 is 0 Å². The summed E-state index contributed by atoms with van der Waals surface area (Å²) in [5.74, 6) is 0.155. The van der Waals surface area contributed by atoms with Crippen LogP contribution < -0.4 is 10.6 Å². The summed E-state index contributed by atoms with van der Waals surface area (Å²) in [4.78, 5) is 22.2. The van der Waals surface area contributed by atoms with Crippen LogP contribution in [-0.2, 0) is 0 Å². The fourth-order valence-electron chi connectivity index (χ4n) is 2.04. The highest BCUT2D eigenvalue weighted by Crippen LogP contribution is 2.21. The monoisotopic (exact) mass is 327 g/mol. The van der Waals surface area contributed by atoms with E-state index in [9.17, 15) is 14.9 Å². The zero-order chi connectivity index (χ0) is 13.8. The van der Waals surface area contributed by atoms with Crippen molar-refractivity contribution in [2.45, 2.75) is 6.42 Å². The number of benzene rings is 1. The van der Waals surface area contributed by atoms with Crippen molar-refractivity contribution in [3.63, 3.8) is 0 Å². The summed E-state index contributed by atoms with van der Waals surface area (Å²) in [6, 6.07) is 4.24. The number of nitrogens with one attached hydrogen (secondary N) is 2. The first-order chi connectivity index (χ1) is 9.06. The summed E-state index contributed by atoms with van der Waals surface area (Å²) >= 11 is 3.17. The molecule has 1 aliphatic heterocycles. The Hall–Kier alpha value is -1.47. The predicted octanol–water partition coefficient (Wildman–Crippen LogP) is 1.70. The van der Waals surface area contributed by atoms with Gasteiger partial charge in [-0.05, 0) is 31.5 Å². The van der Waals surface area contributed by atoms with Crippen molar-refractivity contribution in [1.82, 2.24) is 10.6 Å². The third-order valence-corrected chi connectivity index (χ3v) is 3.53. The molecule has 1 aromatic carbocycles. The molecule has 7 heteroatoms. The molecule has 0 aromatic heterocycles. The molecule has 0 bridgehead atoms. The highest BCUT2D eigenvalue weighted by Gasteiger charge is 2.17. The molecule has 2 N–H and O–H groups in total. The molecular formula is C12H14BrN3O3. The van der Waals surface area contributed by atoms with Crippen LogP contribution in [0, 0.1) is 16.0 Å². The van der Waals surface area contributed by atoms with Crippen molar-refractivity contribution in [3.8, 4) is 0 Å². The van der Waals surface area contributed by atoms with E-state index in [0.29, 0.717) is 22.5 Å². The zero-order valence-corrected chi connectivity index (χ0v) is 11.8. The number of hydrogen-bond donors (Lipinski definition) is 2. The molecule has 0 spiro atoms. The number of halogens is 1. The van der Waals surface area contributed by atoms with Gasteiger partial charge in [-0.15, -0.1) is 0 Å². The van der Waals surface area contributed by atoms with Crippen molar-refractivity contribution in [2.75, 3.05) is 19.6 Å². The Morgan fingerprint density at radius 2 is 2.32 bits per heavy atom. The normalized spacial score (nSPS) is 18.3. The molecule has 0 aliphatic carbocycles. The first-order valence-electron chi connectivity index (χ1n) is 6.00. The zero-order valence-electron chi connectivity index (χ0n) is 10.2. The molecule has 0 saturated carbocycles. The van der Waals surface area contributed by atoms with Crippen molar-refractivity contribution >= 4 is 27.5 Å². The molecule has 1 aromatic rings. The van der Waals surface area contributed by atoms with Crippen LogP contribution in [0.2, 0.25) is 0 Å². The summed E-state index contributed by atoms with van der Waals surface area (Å²) in [5.41, 5.74) is 0.203. The molecule has 1 unspecified atom stereocenters. The third kappa shape index (κ3) is 3.74. The van der Waals surface area contributed by atoms with Crippen molar-refractivity contribution in [2.24, 2.45) is 5.92 Å². The van der Waals surface area contributed by atoms with Crippen LogP contribution >= 0.6 is 15.9 Å². The summed E-state index contributed by atoms with van der Waals surface area (Å²) in [6.07, 6.45) is 1.04. The Balaban J connectivity index is 2.03. The van der Waals surface area contributed by atoms with Gasteiger partial charge < -0.3 is 10.6 Å². The lowest BCUT2D eigenvalue weighted by Gasteiger charge is -2.10. The molecule has 1 aliphatic rings. The quantitative estimate of drug-likeness (QED) is 0.651. The van der Waals surface area contributed by atoms with Gasteiger partial charge in [-0.3, -0.25) is 14.9 Å². The van der Waals surface area contributed by atoms with Crippen LogP contribution in [0.1, 0.15) is 16.8 Å². The minimum Gasteiger partial charge on any atom is -0.352 e. The molecule has 1 heterocycles. The molecule has 2 rings (SSSR count). The number of nitro benzene ring substituents is 1. The van der Waals surface area contributed by atoms with E-state index in [0.717, 1.165) is 19.5 Å². The summed E-state index contributed by atoms with van der Waals surface area (Å²) in [7, 11) is 0. The number of carbonyl (C=O) groups excluding carboxylic acids is 1. The average Bonchev–Trinajstić information content (AvgIpc) is 2.88. The number of nitro groups is 1. The van der Waals surface area contributed by atoms with Gasteiger partial charge in [-0.2, -0.15) is 0 Å². The van der Waals surface area contributed by atoms with Gasteiger partial charge in [0.05, 0.1) is 4.92 Å². The summed E-state index contributed by atoms with van der Waals surface area (Å²) in [5, 5.41) is 16.8. The number of amides is 1. The van der Waals surface area contributed by atoms with Gasteiger partial charge >= 0.3 is 0 Å². The molecule has 102 valence electrons. The molecule has 1 atom stereocenters. The molecule has 1 saturated heterocycles. The molecule has 0 radical (unpaired) electrons. The van der Waals surface area contributed by atoms with Crippen LogP contribution in [0.3, 0.4) is 0 Å². The molecule has 1 fully saturated rings. The van der Waals surface area contributed by atoms with Gasteiger partial charge in [0.15, 0.2) is 0 Å². The van der Waals surface area contributed by atoms with Gasteiger partial charge in [-0.1, -0.05) is 15.9 Å². The Morgan fingerprint density at radius 3 is 2.95 bits per heavy atom. The van der Waals surface area contributed by atoms with E-state index in [2.05, 4.69) is 26.6 Å².